The van der Waals surface area contributed by atoms with E-state index < -0.39 is 17.5 Å². The lowest BCUT2D eigenvalue weighted by Gasteiger charge is -2.60. The monoisotopic (exact) mass is 350 g/mol. The molecule has 25 heavy (non-hydrogen) atoms. The van der Waals surface area contributed by atoms with Gasteiger partial charge in [0.25, 0.3) is 0 Å². The highest BCUT2D eigenvalue weighted by atomic mass is 16.5. The van der Waals surface area contributed by atoms with Gasteiger partial charge >= 0.3 is 5.97 Å². The van der Waals surface area contributed by atoms with E-state index in [2.05, 4.69) is 13.5 Å². The third kappa shape index (κ3) is 2.81. The van der Waals surface area contributed by atoms with Crippen LogP contribution in [0.4, 0.5) is 0 Å². The summed E-state index contributed by atoms with van der Waals surface area (Å²) in [6.45, 7) is 8.48. The molecule has 0 amide bonds. The van der Waals surface area contributed by atoms with Gasteiger partial charge in [0.15, 0.2) is 0 Å². The van der Waals surface area contributed by atoms with Gasteiger partial charge in [-0.15, -0.1) is 0 Å². The molecule has 0 unspecified atom stereocenters. The van der Waals surface area contributed by atoms with Crippen LogP contribution in [0.3, 0.4) is 0 Å². The zero-order valence-electron chi connectivity index (χ0n) is 15.3. The lowest BCUT2D eigenvalue weighted by atomic mass is 9.46. The third-order valence-electron chi connectivity index (χ3n) is 7.31. The lowest BCUT2D eigenvalue weighted by molar-refractivity contribution is -0.152. The molecule has 0 aromatic rings. The minimum atomic E-state index is -0.500. The summed E-state index contributed by atoms with van der Waals surface area (Å²) in [4.78, 5) is 11.8. The van der Waals surface area contributed by atoms with Crippen molar-refractivity contribution in [2.45, 2.75) is 58.5 Å². The van der Waals surface area contributed by atoms with E-state index in [1.807, 2.05) is 6.92 Å². The molecule has 0 aromatic heterocycles. The highest BCUT2D eigenvalue weighted by molar-refractivity contribution is 5.91. The van der Waals surface area contributed by atoms with Crippen LogP contribution in [-0.4, -0.2) is 40.6 Å². The quantitative estimate of drug-likeness (QED) is 0.536. The van der Waals surface area contributed by atoms with Crippen molar-refractivity contribution in [1.29, 1.82) is 0 Å². The van der Waals surface area contributed by atoms with E-state index in [-0.39, 0.29) is 36.2 Å². The van der Waals surface area contributed by atoms with Gasteiger partial charge in [0.1, 0.15) is 12.4 Å². The average molecular weight is 350 g/mol. The highest BCUT2D eigenvalue weighted by Crippen LogP contribution is 2.61. The van der Waals surface area contributed by atoms with E-state index in [1.54, 1.807) is 0 Å². The topological polar surface area (TPSA) is 87.0 Å². The zero-order valence-corrected chi connectivity index (χ0v) is 15.3. The summed E-state index contributed by atoms with van der Waals surface area (Å²) >= 11 is 0. The first-order valence-corrected chi connectivity index (χ1v) is 9.28. The second-order valence-electron chi connectivity index (χ2n) is 8.57. The van der Waals surface area contributed by atoms with Crippen molar-refractivity contribution >= 4 is 5.97 Å². The maximum Gasteiger partial charge on any atom is 0.337 e. The smallest absolute Gasteiger partial charge is 0.337 e. The first-order chi connectivity index (χ1) is 11.7. The van der Waals surface area contributed by atoms with Gasteiger partial charge < -0.3 is 20.1 Å². The Balaban J connectivity index is 1.84. The Morgan fingerprint density at radius 2 is 2.04 bits per heavy atom. The second-order valence-corrected chi connectivity index (χ2v) is 8.57. The molecule has 2 aliphatic carbocycles. The molecule has 0 saturated heterocycles. The number of rotatable bonds is 4. The number of aliphatic hydroxyl groups excluding tert-OH is 3. The third-order valence-corrected chi connectivity index (χ3v) is 7.31. The maximum atomic E-state index is 11.8. The number of aliphatic hydroxyl groups is 3. The summed E-state index contributed by atoms with van der Waals surface area (Å²) in [7, 11) is 0. The summed E-state index contributed by atoms with van der Waals surface area (Å²) in [5, 5.41) is 30.4. The fourth-order valence-electron chi connectivity index (χ4n) is 5.69. The molecule has 0 radical (unpaired) electrons. The van der Waals surface area contributed by atoms with Crippen molar-refractivity contribution < 1.29 is 24.9 Å². The van der Waals surface area contributed by atoms with E-state index in [0.29, 0.717) is 18.4 Å². The molecule has 3 aliphatic rings. The molecule has 0 aromatic carbocycles. The standard InChI is InChI=1S/C20H30O5/c1-12-4-7-16-19(2,9-8-17(23)20(16,3)11-21)14(12)6-5-13-15(22)10-25-18(13)24/h14,16-17,21-23H,1,4-11H2,2-3H3/t14-,16+,17-,19+,20+/m1/s1. The minimum Gasteiger partial charge on any atom is -0.508 e. The molecule has 5 atom stereocenters. The Hall–Kier alpha value is -1.33. The van der Waals surface area contributed by atoms with E-state index in [1.165, 1.54) is 5.57 Å². The van der Waals surface area contributed by atoms with Gasteiger partial charge in [0.2, 0.25) is 0 Å². The molecule has 2 fully saturated rings. The number of carbonyl (C=O) groups is 1. The van der Waals surface area contributed by atoms with Crippen LogP contribution in [0.25, 0.3) is 0 Å². The molecule has 5 heteroatoms. The van der Waals surface area contributed by atoms with Gasteiger partial charge in [-0.3, -0.25) is 0 Å². The number of carbonyl (C=O) groups excluding carboxylic acids is 1. The molecule has 140 valence electrons. The van der Waals surface area contributed by atoms with Crippen LogP contribution in [0.1, 0.15) is 52.4 Å². The molecule has 3 rings (SSSR count). The van der Waals surface area contributed by atoms with Gasteiger partial charge in [-0.1, -0.05) is 26.0 Å². The Bertz CT molecular complexity index is 609. The summed E-state index contributed by atoms with van der Waals surface area (Å²) in [5.74, 6) is 0.0490. The molecule has 1 aliphatic heterocycles. The average Bonchev–Trinajstić information content (AvgIpc) is 2.89. The molecule has 3 N–H and O–H groups in total. The van der Waals surface area contributed by atoms with Crippen molar-refractivity contribution in [3.8, 4) is 0 Å². The second kappa shape index (κ2) is 6.44. The zero-order chi connectivity index (χ0) is 18.4. The fraction of sp³-hybridized carbons (Fsp3) is 0.750. The summed E-state index contributed by atoms with van der Waals surface area (Å²) in [6, 6.07) is 0. The SMILES string of the molecule is C=C1CC[C@@H]2[C@](C)(CO)[C@H](O)CC[C@@]2(C)[C@@H]1CCC1=C(O)COC1=O. The van der Waals surface area contributed by atoms with Crippen molar-refractivity contribution in [2.75, 3.05) is 13.2 Å². The number of cyclic esters (lactones) is 1. The number of ether oxygens (including phenoxy) is 1. The van der Waals surface area contributed by atoms with Crippen molar-refractivity contribution in [1.82, 2.24) is 0 Å². The van der Waals surface area contributed by atoms with Gasteiger partial charge in [-0.2, -0.15) is 0 Å². The van der Waals surface area contributed by atoms with Crippen LogP contribution in [-0.2, 0) is 9.53 Å². The van der Waals surface area contributed by atoms with E-state index >= 15 is 0 Å². The Kier molecular flexibility index (Phi) is 4.75. The Labute approximate surface area is 149 Å². The summed E-state index contributed by atoms with van der Waals surface area (Å²) in [6.07, 6.45) is 4.09. The van der Waals surface area contributed by atoms with Crippen LogP contribution < -0.4 is 0 Å². The molecule has 0 bridgehead atoms. The molecule has 2 saturated carbocycles. The highest BCUT2D eigenvalue weighted by Gasteiger charge is 2.57. The molecular formula is C20H30O5. The predicted octanol–water partition coefficient (Wildman–Crippen LogP) is 2.88. The van der Waals surface area contributed by atoms with E-state index in [4.69, 9.17) is 4.74 Å². The van der Waals surface area contributed by atoms with Gasteiger partial charge in [-0.25, -0.2) is 4.79 Å². The molecule has 5 nitrogen and oxygen atoms in total. The maximum absolute atomic E-state index is 11.8. The molecular weight excluding hydrogens is 320 g/mol. The number of fused-ring (bicyclic) bond motifs is 1. The van der Waals surface area contributed by atoms with Crippen molar-refractivity contribution in [3.63, 3.8) is 0 Å². The predicted molar refractivity (Wildman–Crippen MR) is 93.7 cm³/mol. The Morgan fingerprint density at radius 1 is 1.32 bits per heavy atom. The minimum absolute atomic E-state index is 0.0194. The first kappa shape index (κ1) is 18.5. The largest absolute Gasteiger partial charge is 0.508 e. The number of hydrogen-bond donors (Lipinski definition) is 3. The lowest BCUT2D eigenvalue weighted by Crippen LogP contribution is -2.57. The van der Waals surface area contributed by atoms with Crippen LogP contribution in [0.2, 0.25) is 0 Å². The normalized spacial score (nSPS) is 41.7. The van der Waals surface area contributed by atoms with Crippen LogP contribution in [0.5, 0.6) is 0 Å². The van der Waals surface area contributed by atoms with E-state index in [9.17, 15) is 20.1 Å². The van der Waals surface area contributed by atoms with Crippen LogP contribution >= 0.6 is 0 Å². The van der Waals surface area contributed by atoms with Crippen molar-refractivity contribution in [2.24, 2.45) is 22.7 Å². The molecule has 0 spiro atoms. The first-order valence-electron chi connectivity index (χ1n) is 9.28. The number of hydrogen-bond acceptors (Lipinski definition) is 5. The summed E-state index contributed by atoms with van der Waals surface area (Å²) in [5.41, 5.74) is 1.01. The fourth-order valence-corrected chi connectivity index (χ4v) is 5.69. The summed E-state index contributed by atoms with van der Waals surface area (Å²) < 4.78 is 4.89. The molecule has 1 heterocycles. The number of esters is 1. The van der Waals surface area contributed by atoms with Gasteiger partial charge in [0.05, 0.1) is 18.3 Å². The van der Waals surface area contributed by atoms with Gasteiger partial charge in [0, 0.05) is 5.41 Å². The number of allylic oxidation sites excluding steroid dienone is 1. The van der Waals surface area contributed by atoms with Crippen LogP contribution in [0, 0.1) is 22.7 Å². The van der Waals surface area contributed by atoms with Gasteiger partial charge in [-0.05, 0) is 55.8 Å². The van der Waals surface area contributed by atoms with Crippen molar-refractivity contribution in [3.05, 3.63) is 23.5 Å². The Morgan fingerprint density at radius 3 is 2.64 bits per heavy atom. The van der Waals surface area contributed by atoms with E-state index in [0.717, 1.165) is 25.7 Å². The van der Waals surface area contributed by atoms with Crippen LogP contribution in [0.15, 0.2) is 23.5 Å².